The number of hydrogen-bond acceptors (Lipinski definition) is 3. The lowest BCUT2D eigenvalue weighted by Crippen LogP contribution is -2.47. The molecule has 3 rings (SSSR count). The van der Waals surface area contributed by atoms with Gasteiger partial charge in [0.2, 0.25) is 0 Å². The van der Waals surface area contributed by atoms with Crippen molar-refractivity contribution in [1.29, 1.82) is 0 Å². The highest BCUT2D eigenvalue weighted by molar-refractivity contribution is 5.19. The zero-order valence-corrected chi connectivity index (χ0v) is 13.9. The molecule has 0 amide bonds. The molecule has 1 aliphatic rings. The Morgan fingerprint density at radius 3 is 2.17 bits per heavy atom. The van der Waals surface area contributed by atoms with Crippen LogP contribution in [0.1, 0.15) is 17.2 Å². The van der Waals surface area contributed by atoms with Crippen molar-refractivity contribution in [2.75, 3.05) is 39.3 Å². The predicted molar refractivity (Wildman–Crippen MR) is 94.4 cm³/mol. The minimum atomic E-state index is -0.554. The summed E-state index contributed by atoms with van der Waals surface area (Å²) in [5.74, 6) is -0.266. The lowest BCUT2D eigenvalue weighted by molar-refractivity contribution is 0.0729. The lowest BCUT2D eigenvalue weighted by Gasteiger charge is -2.35. The summed E-state index contributed by atoms with van der Waals surface area (Å²) in [6.45, 7) is 5.68. The summed E-state index contributed by atoms with van der Waals surface area (Å²) in [4.78, 5) is 4.76. The molecule has 0 aliphatic carbocycles. The predicted octanol–water partition coefficient (Wildman–Crippen LogP) is 2.72. The first-order valence-electron chi connectivity index (χ1n) is 8.63. The average Bonchev–Trinajstić information content (AvgIpc) is 2.62. The summed E-state index contributed by atoms with van der Waals surface area (Å²) in [6, 6.07) is 16.7. The molecule has 1 saturated heterocycles. The van der Waals surface area contributed by atoms with Crippen molar-refractivity contribution in [2.45, 2.75) is 12.5 Å². The maximum absolute atomic E-state index is 12.9. The largest absolute Gasteiger partial charge is 0.387 e. The standard InChI is InChI=1S/C20H25FN2O/c21-19-8-6-18(7-9-19)20(24)16-23-14-12-22(13-15-23)11-10-17-4-2-1-3-5-17/h1-9,20,24H,10-16H2. The average molecular weight is 328 g/mol. The molecule has 4 heteroatoms. The third-order valence-corrected chi connectivity index (χ3v) is 4.71. The highest BCUT2D eigenvalue weighted by atomic mass is 19.1. The molecule has 3 nitrogen and oxygen atoms in total. The topological polar surface area (TPSA) is 26.7 Å². The van der Waals surface area contributed by atoms with Crippen LogP contribution in [0.3, 0.4) is 0 Å². The minimum absolute atomic E-state index is 0.266. The Labute approximate surface area is 143 Å². The van der Waals surface area contributed by atoms with E-state index in [-0.39, 0.29) is 5.82 Å². The van der Waals surface area contributed by atoms with Gasteiger partial charge < -0.3 is 10.0 Å². The van der Waals surface area contributed by atoms with Gasteiger partial charge in [-0.15, -0.1) is 0 Å². The van der Waals surface area contributed by atoms with Crippen LogP contribution in [0.25, 0.3) is 0 Å². The van der Waals surface area contributed by atoms with E-state index in [9.17, 15) is 9.50 Å². The molecule has 2 aromatic carbocycles. The van der Waals surface area contributed by atoms with E-state index in [1.54, 1.807) is 12.1 Å². The monoisotopic (exact) mass is 328 g/mol. The van der Waals surface area contributed by atoms with Crippen molar-refractivity contribution in [3.05, 3.63) is 71.5 Å². The lowest BCUT2D eigenvalue weighted by atomic mass is 10.1. The van der Waals surface area contributed by atoms with Crippen LogP contribution in [0.2, 0.25) is 0 Å². The van der Waals surface area contributed by atoms with Crippen LogP contribution < -0.4 is 0 Å². The molecule has 1 atom stereocenters. The van der Waals surface area contributed by atoms with Gasteiger partial charge in [-0.1, -0.05) is 42.5 Å². The fourth-order valence-electron chi connectivity index (χ4n) is 3.16. The number of benzene rings is 2. The second kappa shape index (κ2) is 8.38. The summed E-state index contributed by atoms with van der Waals surface area (Å²) in [5.41, 5.74) is 2.16. The van der Waals surface area contributed by atoms with Crippen molar-refractivity contribution in [2.24, 2.45) is 0 Å². The van der Waals surface area contributed by atoms with Crippen LogP contribution in [0.4, 0.5) is 4.39 Å². The molecule has 1 fully saturated rings. The van der Waals surface area contributed by atoms with Crippen LogP contribution in [-0.4, -0.2) is 54.2 Å². The Bertz CT molecular complexity index is 609. The van der Waals surface area contributed by atoms with Crippen LogP contribution in [0.5, 0.6) is 0 Å². The number of β-amino-alcohol motifs (C(OH)–C–C–N with tert-alkyl or cyclic N) is 1. The Hall–Kier alpha value is -1.75. The summed E-state index contributed by atoms with van der Waals surface area (Å²) >= 11 is 0. The second-order valence-corrected chi connectivity index (χ2v) is 6.45. The van der Waals surface area contributed by atoms with Gasteiger partial charge in [-0.05, 0) is 29.7 Å². The van der Waals surface area contributed by atoms with Gasteiger partial charge in [-0.25, -0.2) is 4.39 Å². The maximum Gasteiger partial charge on any atom is 0.123 e. The van der Waals surface area contributed by atoms with E-state index in [2.05, 4.69) is 40.1 Å². The molecule has 1 N–H and O–H groups in total. The Kier molecular flexibility index (Phi) is 5.96. The van der Waals surface area contributed by atoms with Gasteiger partial charge in [0.15, 0.2) is 0 Å². The molecular formula is C20H25FN2O. The molecule has 2 aromatic rings. The fraction of sp³-hybridized carbons (Fsp3) is 0.400. The van der Waals surface area contributed by atoms with Crippen LogP contribution in [0.15, 0.2) is 54.6 Å². The van der Waals surface area contributed by atoms with E-state index in [0.29, 0.717) is 6.54 Å². The molecule has 0 radical (unpaired) electrons. The van der Waals surface area contributed by atoms with Gasteiger partial charge in [0.25, 0.3) is 0 Å². The van der Waals surface area contributed by atoms with E-state index in [1.807, 2.05) is 0 Å². The van der Waals surface area contributed by atoms with Crippen molar-refractivity contribution in [3.63, 3.8) is 0 Å². The molecule has 0 bridgehead atoms. The summed E-state index contributed by atoms with van der Waals surface area (Å²) in [7, 11) is 0. The number of piperazine rings is 1. The third-order valence-electron chi connectivity index (χ3n) is 4.71. The van der Waals surface area contributed by atoms with E-state index in [0.717, 1.165) is 44.7 Å². The van der Waals surface area contributed by atoms with Crippen LogP contribution >= 0.6 is 0 Å². The van der Waals surface area contributed by atoms with Crippen molar-refractivity contribution in [3.8, 4) is 0 Å². The third kappa shape index (κ3) is 4.87. The number of aliphatic hydroxyl groups is 1. The molecule has 1 unspecified atom stereocenters. The zero-order valence-electron chi connectivity index (χ0n) is 13.9. The van der Waals surface area contributed by atoms with Gasteiger partial charge in [0.05, 0.1) is 6.10 Å². The van der Waals surface area contributed by atoms with Crippen LogP contribution in [0, 0.1) is 5.82 Å². The molecule has 0 saturated carbocycles. The number of hydrogen-bond donors (Lipinski definition) is 1. The zero-order chi connectivity index (χ0) is 16.8. The number of rotatable bonds is 6. The normalized spacial score (nSPS) is 17.8. The van der Waals surface area contributed by atoms with Gasteiger partial charge in [0, 0.05) is 39.3 Å². The van der Waals surface area contributed by atoms with Gasteiger partial charge in [-0.2, -0.15) is 0 Å². The molecule has 128 valence electrons. The number of nitrogens with zero attached hydrogens (tertiary/aromatic N) is 2. The van der Waals surface area contributed by atoms with Gasteiger partial charge >= 0.3 is 0 Å². The van der Waals surface area contributed by atoms with Crippen LogP contribution in [-0.2, 0) is 6.42 Å². The van der Waals surface area contributed by atoms with Gasteiger partial charge in [-0.3, -0.25) is 4.90 Å². The smallest absolute Gasteiger partial charge is 0.123 e. The first-order chi connectivity index (χ1) is 11.7. The molecule has 0 spiro atoms. The van der Waals surface area contributed by atoms with Crippen molar-refractivity contribution < 1.29 is 9.50 Å². The quantitative estimate of drug-likeness (QED) is 0.883. The first-order valence-corrected chi connectivity index (χ1v) is 8.63. The molecule has 1 heterocycles. The fourth-order valence-corrected chi connectivity index (χ4v) is 3.16. The molecule has 1 aliphatic heterocycles. The molecular weight excluding hydrogens is 303 g/mol. The van der Waals surface area contributed by atoms with Gasteiger partial charge in [0.1, 0.15) is 5.82 Å². The Morgan fingerprint density at radius 1 is 0.875 bits per heavy atom. The minimum Gasteiger partial charge on any atom is -0.387 e. The highest BCUT2D eigenvalue weighted by Gasteiger charge is 2.19. The van der Waals surface area contributed by atoms with E-state index in [1.165, 1.54) is 17.7 Å². The molecule has 24 heavy (non-hydrogen) atoms. The summed E-state index contributed by atoms with van der Waals surface area (Å²) in [5, 5.41) is 10.3. The highest BCUT2D eigenvalue weighted by Crippen LogP contribution is 2.16. The second-order valence-electron chi connectivity index (χ2n) is 6.45. The summed E-state index contributed by atoms with van der Waals surface area (Å²) < 4.78 is 12.9. The number of aliphatic hydroxyl groups excluding tert-OH is 1. The Morgan fingerprint density at radius 2 is 1.50 bits per heavy atom. The van der Waals surface area contributed by atoms with E-state index < -0.39 is 6.10 Å². The van der Waals surface area contributed by atoms with Crippen molar-refractivity contribution >= 4 is 0 Å². The van der Waals surface area contributed by atoms with Crippen molar-refractivity contribution in [1.82, 2.24) is 9.80 Å². The Balaban J connectivity index is 1.41. The first kappa shape index (κ1) is 17.1. The number of halogens is 1. The SMILES string of the molecule is OC(CN1CCN(CCc2ccccc2)CC1)c1ccc(F)cc1. The van der Waals surface area contributed by atoms with E-state index in [4.69, 9.17) is 0 Å². The summed E-state index contributed by atoms with van der Waals surface area (Å²) in [6.07, 6.45) is 0.528. The molecule has 0 aromatic heterocycles. The maximum atomic E-state index is 12.9. The van der Waals surface area contributed by atoms with E-state index >= 15 is 0 Å².